The summed E-state index contributed by atoms with van der Waals surface area (Å²) in [4.78, 5) is 11.2. The van der Waals surface area contributed by atoms with E-state index < -0.39 is 0 Å². The number of unbranched alkanes of at least 4 members (excludes halogenated alkanes) is 1. The standard InChI is InChI=1S/C15H26O2.2C2H6/c1-3-17-14(16)7-5-4-6-12-8-9-15(2)11-13(15)10-12;2*1-2/h12-13H,3-11H2,1-2H3;2*1-2H3. The van der Waals surface area contributed by atoms with Gasteiger partial charge in [0.05, 0.1) is 6.61 Å². The van der Waals surface area contributed by atoms with Crippen molar-refractivity contribution >= 4 is 5.97 Å². The summed E-state index contributed by atoms with van der Waals surface area (Å²) >= 11 is 0. The van der Waals surface area contributed by atoms with Gasteiger partial charge in [-0.2, -0.15) is 0 Å². The summed E-state index contributed by atoms with van der Waals surface area (Å²) in [6.45, 7) is 12.8. The van der Waals surface area contributed by atoms with Gasteiger partial charge in [0.1, 0.15) is 0 Å². The Balaban J connectivity index is 0.000000921. The first-order chi connectivity index (χ1) is 10.1. The predicted octanol–water partition coefficient (Wildman–Crippen LogP) is 5.99. The molecule has 2 nitrogen and oxygen atoms in total. The molecule has 0 radical (unpaired) electrons. The van der Waals surface area contributed by atoms with Gasteiger partial charge < -0.3 is 4.74 Å². The van der Waals surface area contributed by atoms with Gasteiger partial charge in [-0.1, -0.05) is 47.5 Å². The van der Waals surface area contributed by atoms with Crippen molar-refractivity contribution in [3.8, 4) is 0 Å². The summed E-state index contributed by atoms with van der Waals surface area (Å²) in [5, 5.41) is 0. The van der Waals surface area contributed by atoms with E-state index >= 15 is 0 Å². The second-order valence-corrected chi connectivity index (χ2v) is 6.25. The number of carbonyl (C=O) groups excluding carboxylic acids is 1. The smallest absolute Gasteiger partial charge is 0.305 e. The molecule has 0 aromatic carbocycles. The molecule has 0 amide bonds. The van der Waals surface area contributed by atoms with Crippen LogP contribution in [-0.4, -0.2) is 12.6 Å². The van der Waals surface area contributed by atoms with Gasteiger partial charge in [-0.3, -0.25) is 4.79 Å². The number of hydrogen-bond donors (Lipinski definition) is 0. The lowest BCUT2D eigenvalue weighted by atomic mass is 9.80. The molecule has 21 heavy (non-hydrogen) atoms. The van der Waals surface area contributed by atoms with Gasteiger partial charge in [-0.15, -0.1) is 0 Å². The van der Waals surface area contributed by atoms with Crippen LogP contribution in [0.4, 0.5) is 0 Å². The first-order valence-electron chi connectivity index (χ1n) is 9.29. The molecule has 0 saturated heterocycles. The Morgan fingerprint density at radius 1 is 1.19 bits per heavy atom. The Kier molecular flexibility index (Phi) is 10.8. The first kappa shape index (κ1) is 20.5. The number of esters is 1. The van der Waals surface area contributed by atoms with Gasteiger partial charge in [-0.25, -0.2) is 0 Å². The average Bonchev–Trinajstić information content (AvgIpc) is 3.19. The molecule has 2 aliphatic rings. The highest BCUT2D eigenvalue weighted by Gasteiger charge is 2.52. The minimum absolute atomic E-state index is 0.0223. The maximum absolute atomic E-state index is 11.2. The molecule has 2 saturated carbocycles. The SMILES string of the molecule is CC.CC.CCOC(=O)CCCCC1CCC2(C)CC2C1. The van der Waals surface area contributed by atoms with Crippen molar-refractivity contribution in [2.24, 2.45) is 17.3 Å². The van der Waals surface area contributed by atoms with Crippen LogP contribution in [0, 0.1) is 17.3 Å². The molecule has 2 rings (SSSR count). The molecule has 0 spiro atoms. The van der Waals surface area contributed by atoms with Gasteiger partial charge in [0.15, 0.2) is 0 Å². The van der Waals surface area contributed by atoms with Crippen LogP contribution in [0.5, 0.6) is 0 Å². The van der Waals surface area contributed by atoms with E-state index in [0.717, 1.165) is 23.7 Å². The molecule has 0 aromatic rings. The molecular formula is C19H38O2. The van der Waals surface area contributed by atoms with Gasteiger partial charge in [-0.05, 0) is 56.3 Å². The fraction of sp³-hybridized carbons (Fsp3) is 0.947. The highest BCUT2D eigenvalue weighted by molar-refractivity contribution is 5.69. The minimum Gasteiger partial charge on any atom is -0.466 e. The highest BCUT2D eigenvalue weighted by atomic mass is 16.5. The van der Waals surface area contributed by atoms with Gasteiger partial charge in [0.2, 0.25) is 0 Å². The number of rotatable bonds is 6. The third kappa shape index (κ3) is 7.33. The Bertz CT molecular complexity index is 275. The van der Waals surface area contributed by atoms with Crippen molar-refractivity contribution in [2.75, 3.05) is 6.61 Å². The fourth-order valence-corrected chi connectivity index (χ4v) is 3.43. The highest BCUT2D eigenvalue weighted by Crippen LogP contribution is 2.62. The van der Waals surface area contributed by atoms with Crippen LogP contribution in [0.3, 0.4) is 0 Å². The van der Waals surface area contributed by atoms with E-state index in [1.54, 1.807) is 0 Å². The summed E-state index contributed by atoms with van der Waals surface area (Å²) in [5.41, 5.74) is 0.738. The fourth-order valence-electron chi connectivity index (χ4n) is 3.43. The van der Waals surface area contributed by atoms with E-state index in [4.69, 9.17) is 4.74 Å². The zero-order valence-electron chi connectivity index (χ0n) is 15.3. The lowest BCUT2D eigenvalue weighted by molar-refractivity contribution is -0.143. The van der Waals surface area contributed by atoms with E-state index in [-0.39, 0.29) is 5.97 Å². The molecule has 0 aromatic heterocycles. The van der Waals surface area contributed by atoms with E-state index in [9.17, 15) is 4.79 Å². The second-order valence-electron chi connectivity index (χ2n) is 6.25. The van der Waals surface area contributed by atoms with Crippen LogP contribution in [0.2, 0.25) is 0 Å². The monoisotopic (exact) mass is 298 g/mol. The number of ether oxygens (including phenoxy) is 1. The molecule has 3 unspecified atom stereocenters. The Morgan fingerprint density at radius 3 is 2.43 bits per heavy atom. The van der Waals surface area contributed by atoms with Crippen molar-refractivity contribution < 1.29 is 9.53 Å². The van der Waals surface area contributed by atoms with E-state index in [1.165, 1.54) is 38.5 Å². The van der Waals surface area contributed by atoms with E-state index in [0.29, 0.717) is 13.0 Å². The van der Waals surface area contributed by atoms with Crippen molar-refractivity contribution in [1.82, 2.24) is 0 Å². The Morgan fingerprint density at radius 2 is 1.86 bits per heavy atom. The largest absolute Gasteiger partial charge is 0.466 e. The second kappa shape index (κ2) is 11.1. The van der Waals surface area contributed by atoms with Gasteiger partial charge in [0.25, 0.3) is 0 Å². The minimum atomic E-state index is -0.0223. The van der Waals surface area contributed by atoms with Crippen LogP contribution in [0.15, 0.2) is 0 Å². The summed E-state index contributed by atoms with van der Waals surface area (Å²) in [7, 11) is 0. The van der Waals surface area contributed by atoms with Crippen LogP contribution < -0.4 is 0 Å². The number of carbonyl (C=O) groups is 1. The summed E-state index contributed by atoms with van der Waals surface area (Å²) in [6.07, 6.45) is 9.95. The lowest BCUT2D eigenvalue weighted by Crippen LogP contribution is -2.14. The van der Waals surface area contributed by atoms with E-state index in [2.05, 4.69) is 6.92 Å². The van der Waals surface area contributed by atoms with Gasteiger partial charge in [0, 0.05) is 6.42 Å². The zero-order chi connectivity index (χ0) is 16.3. The summed E-state index contributed by atoms with van der Waals surface area (Å²) in [5.74, 6) is 1.95. The van der Waals surface area contributed by atoms with Crippen LogP contribution in [0.25, 0.3) is 0 Å². The molecule has 126 valence electrons. The molecule has 0 aliphatic heterocycles. The molecule has 2 heteroatoms. The predicted molar refractivity (Wildman–Crippen MR) is 91.4 cm³/mol. The number of hydrogen-bond acceptors (Lipinski definition) is 2. The molecule has 0 N–H and O–H groups in total. The topological polar surface area (TPSA) is 26.3 Å². The summed E-state index contributed by atoms with van der Waals surface area (Å²) in [6, 6.07) is 0. The first-order valence-corrected chi connectivity index (χ1v) is 9.29. The van der Waals surface area contributed by atoms with Crippen LogP contribution >= 0.6 is 0 Å². The third-order valence-corrected chi connectivity index (χ3v) is 4.83. The van der Waals surface area contributed by atoms with Crippen molar-refractivity contribution in [3.63, 3.8) is 0 Å². The lowest BCUT2D eigenvalue weighted by Gasteiger charge is -2.25. The van der Waals surface area contributed by atoms with E-state index in [1.807, 2.05) is 34.6 Å². The average molecular weight is 299 g/mol. The van der Waals surface area contributed by atoms with Crippen molar-refractivity contribution in [3.05, 3.63) is 0 Å². The van der Waals surface area contributed by atoms with Crippen LogP contribution in [0.1, 0.15) is 92.9 Å². The Labute approximate surface area is 133 Å². The Hall–Kier alpha value is -0.530. The maximum Gasteiger partial charge on any atom is 0.305 e. The van der Waals surface area contributed by atoms with Gasteiger partial charge >= 0.3 is 5.97 Å². The molecule has 3 atom stereocenters. The maximum atomic E-state index is 11.2. The number of fused-ring (bicyclic) bond motifs is 1. The molecule has 0 heterocycles. The molecular weight excluding hydrogens is 260 g/mol. The molecule has 2 aliphatic carbocycles. The zero-order valence-corrected chi connectivity index (χ0v) is 15.3. The van der Waals surface area contributed by atoms with Crippen molar-refractivity contribution in [2.45, 2.75) is 92.9 Å². The molecule has 0 bridgehead atoms. The summed E-state index contributed by atoms with van der Waals surface area (Å²) < 4.78 is 4.93. The third-order valence-electron chi connectivity index (χ3n) is 4.83. The molecule has 2 fully saturated rings. The van der Waals surface area contributed by atoms with Crippen LogP contribution in [-0.2, 0) is 9.53 Å². The normalized spacial score (nSPS) is 29.0. The van der Waals surface area contributed by atoms with Crippen molar-refractivity contribution in [1.29, 1.82) is 0 Å². The quantitative estimate of drug-likeness (QED) is 0.445.